The Bertz CT molecular complexity index is 3780. The van der Waals surface area contributed by atoms with Crippen molar-refractivity contribution in [2.24, 2.45) is 0 Å². The van der Waals surface area contributed by atoms with Crippen molar-refractivity contribution < 1.29 is 36.9 Å². The van der Waals surface area contributed by atoms with E-state index in [1.54, 1.807) is 36.4 Å². The molecular formula is C64H48IrN3O. The molecule has 0 aliphatic heterocycles. The molecule has 0 aliphatic carbocycles. The maximum absolute atomic E-state index is 7.92. The van der Waals surface area contributed by atoms with E-state index in [4.69, 9.17) is 16.8 Å². The van der Waals surface area contributed by atoms with Crippen LogP contribution in [0, 0.1) is 38.8 Å². The van der Waals surface area contributed by atoms with Crippen molar-refractivity contribution in [3.63, 3.8) is 0 Å². The van der Waals surface area contributed by atoms with Gasteiger partial charge in [0, 0.05) is 41.7 Å². The van der Waals surface area contributed by atoms with Crippen molar-refractivity contribution in [3.05, 3.63) is 246 Å². The first kappa shape index (κ1) is 35.6. The zero-order chi connectivity index (χ0) is 53.5. The van der Waals surface area contributed by atoms with Gasteiger partial charge in [0.25, 0.3) is 0 Å². The van der Waals surface area contributed by atoms with Crippen molar-refractivity contribution in [1.82, 2.24) is 15.0 Å². The fourth-order valence-electron chi connectivity index (χ4n) is 8.95. The van der Waals surface area contributed by atoms with Crippen molar-refractivity contribution >= 4 is 21.9 Å². The van der Waals surface area contributed by atoms with Crippen LogP contribution in [-0.2, 0) is 45.8 Å². The van der Waals surface area contributed by atoms with E-state index in [1.165, 1.54) is 18.6 Å². The molecule has 0 bridgehead atoms. The molecule has 7 aromatic carbocycles. The minimum atomic E-state index is -2.28. The van der Waals surface area contributed by atoms with Gasteiger partial charge in [0.15, 0.2) is 0 Å². The molecule has 5 heteroatoms. The van der Waals surface area contributed by atoms with Gasteiger partial charge in [-0.05, 0) is 113 Å². The number of pyridine rings is 3. The SMILES string of the molecule is [2H]C([2H])([2H])c1ccc(-c2[c-]cc(CCc3cc(CCc4c[c-]c(-c5ccc(C([2H])([2H])[2H])cn5)cc4)cc(-c4ccccc4-c4c[c-]c(-c5ccc(C([2H])([2H])[2H])cn5)cc4-c4ccc5c(c4)oc4ccccc45)c3)cc2)nc1.[Ir+3]. The summed E-state index contributed by atoms with van der Waals surface area (Å²) in [7, 11) is 0. The predicted molar refractivity (Wildman–Crippen MR) is 278 cm³/mol. The van der Waals surface area contributed by atoms with Crippen LogP contribution in [0.4, 0.5) is 0 Å². The van der Waals surface area contributed by atoms with Crippen LogP contribution >= 0.6 is 0 Å². The van der Waals surface area contributed by atoms with Gasteiger partial charge >= 0.3 is 20.1 Å². The Morgan fingerprint density at radius 3 is 1.51 bits per heavy atom. The number of hydrogen-bond donors (Lipinski definition) is 0. The Hall–Kier alpha value is -7.56. The van der Waals surface area contributed by atoms with Crippen LogP contribution in [0.15, 0.2) is 193 Å². The van der Waals surface area contributed by atoms with Crippen LogP contribution in [0.2, 0.25) is 0 Å². The molecule has 0 amide bonds. The molecule has 11 aromatic rings. The second kappa shape index (κ2) is 20.0. The number of furan rings is 1. The summed E-state index contributed by atoms with van der Waals surface area (Å²) in [5.41, 5.74) is 16.7. The van der Waals surface area contributed by atoms with E-state index >= 15 is 0 Å². The third-order valence-electron chi connectivity index (χ3n) is 12.5. The van der Waals surface area contributed by atoms with Gasteiger partial charge in [-0.2, -0.15) is 0 Å². The maximum Gasteiger partial charge on any atom is 3.00 e. The minimum absolute atomic E-state index is 0. The topological polar surface area (TPSA) is 51.8 Å². The van der Waals surface area contributed by atoms with Crippen LogP contribution < -0.4 is 0 Å². The number of aryl methyl sites for hydroxylation is 7. The van der Waals surface area contributed by atoms with Crippen molar-refractivity contribution in [2.75, 3.05) is 0 Å². The number of fused-ring (bicyclic) bond motifs is 3. The molecule has 0 fully saturated rings. The summed E-state index contributed by atoms with van der Waals surface area (Å²) in [5, 5.41) is 2.05. The summed E-state index contributed by atoms with van der Waals surface area (Å²) in [6.07, 6.45) is 7.21. The van der Waals surface area contributed by atoms with E-state index in [-0.39, 0.29) is 36.8 Å². The Morgan fingerprint density at radius 2 is 0.942 bits per heavy atom. The van der Waals surface area contributed by atoms with E-state index < -0.39 is 20.6 Å². The molecule has 0 N–H and O–H groups in total. The van der Waals surface area contributed by atoms with Gasteiger partial charge in [-0.1, -0.05) is 133 Å². The second-order valence-electron chi connectivity index (χ2n) is 17.1. The van der Waals surface area contributed by atoms with Crippen LogP contribution in [0.3, 0.4) is 0 Å². The molecule has 4 nitrogen and oxygen atoms in total. The zero-order valence-electron chi connectivity index (χ0n) is 46.3. The second-order valence-corrected chi connectivity index (χ2v) is 17.1. The normalized spacial score (nSPS) is 13.7. The quantitative estimate of drug-likeness (QED) is 0.114. The molecular weight excluding hydrogens is 1020 g/mol. The number of benzene rings is 7. The first-order chi connectivity index (χ1) is 37.0. The average Bonchev–Trinajstić information content (AvgIpc) is 3.94. The van der Waals surface area contributed by atoms with E-state index in [1.807, 2.05) is 54.6 Å². The number of rotatable bonds is 12. The van der Waals surface area contributed by atoms with Gasteiger partial charge in [-0.15, -0.1) is 94.5 Å². The standard InChI is InChI=1S/C64H48N3O.Ir/c1-42-12-31-60(65-39-42)49-23-19-45(20-24-49)15-17-47-34-48(18-16-46-21-25-50(26-22-46)61-32-13-43(2)40-66-61)36-53(35-47)54-8-4-5-9-55(54)56-29-28-52(62-33-14-44(3)41-67-62)37-59(56)51-27-30-58-57-10-6-7-11-63(57)68-64(58)38-51;/h4-14,19-23,25,27,29-41H,15-18H2,1-3H3;/q-3;+3/i1D3,2D3,3D3;. The van der Waals surface area contributed by atoms with Gasteiger partial charge in [0.05, 0.1) is 0 Å². The Balaban J connectivity index is 0.00000688. The molecule has 11 rings (SSSR count). The monoisotopic (exact) mass is 1080 g/mol. The maximum atomic E-state index is 7.92. The Labute approximate surface area is 430 Å². The van der Waals surface area contributed by atoms with E-state index in [0.29, 0.717) is 22.6 Å². The Morgan fingerprint density at radius 1 is 0.406 bits per heavy atom. The van der Waals surface area contributed by atoms with Gasteiger partial charge in [-0.25, -0.2) is 0 Å². The smallest absolute Gasteiger partial charge is 0.456 e. The summed E-state index contributed by atoms with van der Waals surface area (Å²) in [5.74, 6) is 0. The first-order valence-electron chi connectivity index (χ1n) is 27.1. The molecule has 4 heterocycles. The van der Waals surface area contributed by atoms with Crippen molar-refractivity contribution in [1.29, 1.82) is 0 Å². The number of aromatic nitrogens is 3. The molecule has 0 unspecified atom stereocenters. The molecule has 0 saturated carbocycles. The summed E-state index contributed by atoms with van der Waals surface area (Å²) < 4.78 is 76.5. The molecule has 4 aromatic heterocycles. The van der Waals surface area contributed by atoms with E-state index in [0.717, 1.165) is 114 Å². The number of nitrogens with zero attached hydrogens (tertiary/aromatic N) is 3. The third kappa shape index (κ3) is 9.89. The molecule has 0 spiro atoms. The predicted octanol–water partition coefficient (Wildman–Crippen LogP) is 15.7. The van der Waals surface area contributed by atoms with Gasteiger partial charge < -0.3 is 19.4 Å². The van der Waals surface area contributed by atoms with Crippen LogP contribution in [0.5, 0.6) is 0 Å². The van der Waals surface area contributed by atoms with Gasteiger partial charge in [0.1, 0.15) is 11.2 Å². The van der Waals surface area contributed by atoms with Crippen molar-refractivity contribution in [2.45, 2.75) is 46.2 Å². The molecule has 334 valence electrons. The van der Waals surface area contributed by atoms with Crippen molar-refractivity contribution in [3.8, 4) is 67.2 Å². The molecule has 0 radical (unpaired) electrons. The fraction of sp³-hybridized carbons (Fsp3) is 0.109. The van der Waals surface area contributed by atoms with Crippen LogP contribution in [0.1, 0.15) is 51.3 Å². The summed E-state index contributed by atoms with van der Waals surface area (Å²) in [6.45, 7) is -6.73. The molecule has 0 aliphatic rings. The van der Waals surface area contributed by atoms with E-state index in [9.17, 15) is 0 Å². The minimum Gasteiger partial charge on any atom is -0.456 e. The number of hydrogen-bond acceptors (Lipinski definition) is 4. The number of para-hydroxylation sites is 1. The summed E-state index contributed by atoms with van der Waals surface area (Å²) in [4.78, 5) is 13.4. The third-order valence-corrected chi connectivity index (χ3v) is 12.5. The molecule has 69 heavy (non-hydrogen) atoms. The zero-order valence-corrected chi connectivity index (χ0v) is 39.7. The summed E-state index contributed by atoms with van der Waals surface area (Å²) in [6, 6.07) is 65.9. The van der Waals surface area contributed by atoms with Gasteiger partial charge in [-0.3, -0.25) is 0 Å². The van der Waals surface area contributed by atoms with Crippen LogP contribution in [-0.4, -0.2) is 15.0 Å². The largest absolute Gasteiger partial charge is 3.00 e. The first-order valence-corrected chi connectivity index (χ1v) is 22.6. The molecule has 0 atom stereocenters. The Kier molecular flexibility index (Phi) is 10.3. The summed E-state index contributed by atoms with van der Waals surface area (Å²) >= 11 is 0. The van der Waals surface area contributed by atoms with E-state index in [2.05, 4.69) is 112 Å². The van der Waals surface area contributed by atoms with Crippen LogP contribution in [0.25, 0.3) is 89.1 Å². The van der Waals surface area contributed by atoms with Gasteiger partial charge in [0.2, 0.25) is 0 Å². The fourth-order valence-corrected chi connectivity index (χ4v) is 8.95. The average molecular weight is 1080 g/mol. The molecule has 0 saturated heterocycles.